The SMILES string of the molecule is Nc1nc(Nc2cc(Cl)c(-c3ccc(NC(=O)C4CCC(F)(F)CC4)cc3)c(C(F)(F)F)c2)n[nH]1. The molecular formula is C22H20ClF5N6O. The van der Waals surface area contributed by atoms with Gasteiger partial charge in [-0.3, -0.25) is 4.79 Å². The minimum atomic E-state index is -4.73. The normalized spacial score (nSPS) is 16.2. The maximum atomic E-state index is 13.9. The number of carbonyl (C=O) groups excluding carboxylic acids is 1. The van der Waals surface area contributed by atoms with Crippen molar-refractivity contribution in [2.24, 2.45) is 5.92 Å². The molecule has 0 saturated heterocycles. The van der Waals surface area contributed by atoms with E-state index in [-0.39, 0.29) is 59.4 Å². The third kappa shape index (κ3) is 5.81. The van der Waals surface area contributed by atoms with Crippen molar-refractivity contribution in [3.63, 3.8) is 0 Å². The van der Waals surface area contributed by atoms with E-state index in [9.17, 15) is 26.7 Å². The fraction of sp³-hybridized carbons (Fsp3) is 0.318. The van der Waals surface area contributed by atoms with E-state index < -0.39 is 29.5 Å². The Morgan fingerprint density at radius 2 is 1.77 bits per heavy atom. The molecule has 1 saturated carbocycles. The average Bonchev–Trinajstić information content (AvgIpc) is 3.18. The van der Waals surface area contributed by atoms with Gasteiger partial charge in [-0.05, 0) is 42.7 Å². The zero-order valence-corrected chi connectivity index (χ0v) is 18.8. The van der Waals surface area contributed by atoms with Crippen LogP contribution in [0.15, 0.2) is 36.4 Å². The minimum Gasteiger partial charge on any atom is -0.368 e. The number of amides is 1. The zero-order valence-electron chi connectivity index (χ0n) is 18.0. The molecule has 35 heavy (non-hydrogen) atoms. The summed E-state index contributed by atoms with van der Waals surface area (Å²) in [4.78, 5) is 16.2. The Balaban J connectivity index is 1.55. The standard InChI is InChI=1S/C22H20ClF5N6O/c23-16-10-14(31-20-32-19(29)33-34-20)9-15(22(26,27)28)17(16)11-1-3-13(4-2-11)30-18(35)12-5-7-21(24,25)8-6-12/h1-4,9-10,12H,5-8H2,(H,30,35)(H4,29,31,32,33,34). The third-order valence-electron chi connectivity index (χ3n) is 5.68. The summed E-state index contributed by atoms with van der Waals surface area (Å²) < 4.78 is 68.3. The van der Waals surface area contributed by atoms with E-state index in [2.05, 4.69) is 25.8 Å². The van der Waals surface area contributed by atoms with Crippen LogP contribution in [-0.4, -0.2) is 27.0 Å². The van der Waals surface area contributed by atoms with E-state index >= 15 is 0 Å². The second-order valence-corrected chi connectivity index (χ2v) is 8.65. The number of aromatic nitrogens is 3. The van der Waals surface area contributed by atoms with Gasteiger partial charge < -0.3 is 16.4 Å². The zero-order chi connectivity index (χ0) is 25.4. The summed E-state index contributed by atoms with van der Waals surface area (Å²) in [5, 5.41) is 11.2. The van der Waals surface area contributed by atoms with Crippen LogP contribution in [0.5, 0.6) is 0 Å². The Bertz CT molecular complexity index is 1220. The number of anilines is 4. The predicted molar refractivity (Wildman–Crippen MR) is 122 cm³/mol. The van der Waals surface area contributed by atoms with Crippen molar-refractivity contribution in [3.8, 4) is 11.1 Å². The van der Waals surface area contributed by atoms with Crippen LogP contribution >= 0.6 is 11.6 Å². The Hall–Kier alpha value is -3.41. The van der Waals surface area contributed by atoms with Crippen LogP contribution < -0.4 is 16.4 Å². The summed E-state index contributed by atoms with van der Waals surface area (Å²) in [7, 11) is 0. The monoisotopic (exact) mass is 514 g/mol. The van der Waals surface area contributed by atoms with Gasteiger partial charge in [0, 0.05) is 35.7 Å². The van der Waals surface area contributed by atoms with Gasteiger partial charge in [-0.1, -0.05) is 23.7 Å². The molecule has 0 radical (unpaired) electrons. The lowest BCUT2D eigenvalue weighted by molar-refractivity contribution is -0.137. The van der Waals surface area contributed by atoms with Crippen LogP contribution in [0.4, 0.5) is 45.2 Å². The molecule has 0 bridgehead atoms. The van der Waals surface area contributed by atoms with Gasteiger partial charge in [0.15, 0.2) is 0 Å². The summed E-state index contributed by atoms with van der Waals surface area (Å²) in [6, 6.07) is 7.83. The van der Waals surface area contributed by atoms with Crippen LogP contribution in [-0.2, 0) is 11.0 Å². The Kier molecular flexibility index (Phi) is 6.58. The van der Waals surface area contributed by atoms with Gasteiger partial charge in [-0.15, -0.1) is 5.10 Å². The minimum absolute atomic E-state index is 0.00650. The van der Waals surface area contributed by atoms with Crippen molar-refractivity contribution in [1.82, 2.24) is 15.2 Å². The van der Waals surface area contributed by atoms with Gasteiger partial charge in [-0.2, -0.15) is 18.2 Å². The average molecular weight is 515 g/mol. The lowest BCUT2D eigenvalue weighted by Crippen LogP contribution is -2.31. The molecule has 0 spiro atoms. The van der Waals surface area contributed by atoms with Crippen LogP contribution in [0.2, 0.25) is 5.02 Å². The number of H-pyrrole nitrogens is 1. The largest absolute Gasteiger partial charge is 0.417 e. The van der Waals surface area contributed by atoms with E-state index in [1.54, 1.807) is 0 Å². The summed E-state index contributed by atoms with van der Waals surface area (Å²) >= 11 is 6.25. The van der Waals surface area contributed by atoms with E-state index in [0.717, 1.165) is 6.07 Å². The summed E-state index contributed by atoms with van der Waals surface area (Å²) in [5.74, 6) is -3.73. The Morgan fingerprint density at radius 1 is 1.11 bits per heavy atom. The number of hydrogen-bond donors (Lipinski definition) is 4. The smallest absolute Gasteiger partial charge is 0.368 e. The first-order chi connectivity index (χ1) is 16.4. The van der Waals surface area contributed by atoms with Crippen LogP contribution in [0.25, 0.3) is 11.1 Å². The fourth-order valence-corrected chi connectivity index (χ4v) is 4.25. The lowest BCUT2D eigenvalue weighted by atomic mass is 9.86. The van der Waals surface area contributed by atoms with Crippen LogP contribution in [0.3, 0.4) is 0 Å². The molecular weight excluding hydrogens is 495 g/mol. The number of nitrogens with one attached hydrogen (secondary N) is 3. The van der Waals surface area contributed by atoms with E-state index in [4.69, 9.17) is 17.3 Å². The Labute approximate surface area is 201 Å². The highest BCUT2D eigenvalue weighted by Crippen LogP contribution is 2.43. The second kappa shape index (κ2) is 9.33. The van der Waals surface area contributed by atoms with Crippen molar-refractivity contribution in [2.75, 3.05) is 16.4 Å². The first-order valence-electron chi connectivity index (χ1n) is 10.6. The highest BCUT2D eigenvalue weighted by molar-refractivity contribution is 6.34. The molecule has 1 amide bonds. The number of benzene rings is 2. The molecule has 2 aromatic carbocycles. The van der Waals surface area contributed by atoms with Crippen molar-refractivity contribution in [2.45, 2.75) is 37.8 Å². The van der Waals surface area contributed by atoms with Crippen molar-refractivity contribution in [1.29, 1.82) is 0 Å². The molecule has 0 atom stereocenters. The quantitative estimate of drug-likeness (QED) is 0.302. The topological polar surface area (TPSA) is 109 Å². The molecule has 4 rings (SSSR count). The number of alkyl halides is 5. The number of rotatable bonds is 5. The molecule has 7 nitrogen and oxygen atoms in total. The number of aromatic amines is 1. The van der Waals surface area contributed by atoms with Crippen molar-refractivity contribution in [3.05, 3.63) is 47.0 Å². The molecule has 13 heteroatoms. The van der Waals surface area contributed by atoms with Crippen molar-refractivity contribution < 1.29 is 26.7 Å². The third-order valence-corrected chi connectivity index (χ3v) is 5.98. The van der Waals surface area contributed by atoms with E-state index in [0.29, 0.717) is 5.69 Å². The molecule has 0 aliphatic heterocycles. The molecule has 3 aromatic rings. The van der Waals surface area contributed by atoms with Crippen LogP contribution in [0.1, 0.15) is 31.2 Å². The second-order valence-electron chi connectivity index (χ2n) is 8.24. The highest BCUT2D eigenvalue weighted by atomic mass is 35.5. The lowest BCUT2D eigenvalue weighted by Gasteiger charge is -2.27. The number of carbonyl (C=O) groups is 1. The van der Waals surface area contributed by atoms with Gasteiger partial charge in [0.2, 0.25) is 23.7 Å². The predicted octanol–water partition coefficient (Wildman–Crippen LogP) is 6.23. The van der Waals surface area contributed by atoms with E-state index in [1.807, 2.05) is 0 Å². The summed E-state index contributed by atoms with van der Waals surface area (Å²) in [5.41, 5.74) is 4.70. The highest BCUT2D eigenvalue weighted by Gasteiger charge is 2.38. The van der Waals surface area contributed by atoms with E-state index in [1.165, 1.54) is 30.3 Å². The van der Waals surface area contributed by atoms with Gasteiger partial charge >= 0.3 is 6.18 Å². The number of nitrogens with zero attached hydrogens (tertiary/aromatic N) is 2. The molecule has 5 N–H and O–H groups in total. The maximum absolute atomic E-state index is 13.9. The number of hydrogen-bond acceptors (Lipinski definition) is 5. The molecule has 186 valence electrons. The first-order valence-corrected chi connectivity index (χ1v) is 10.9. The molecule has 1 heterocycles. The van der Waals surface area contributed by atoms with Gasteiger partial charge in [0.1, 0.15) is 0 Å². The molecule has 1 aromatic heterocycles. The number of nitrogens with two attached hydrogens (primary N) is 1. The van der Waals surface area contributed by atoms with Crippen molar-refractivity contribution >= 4 is 40.8 Å². The molecule has 1 aliphatic rings. The van der Waals surface area contributed by atoms with Crippen LogP contribution in [0, 0.1) is 5.92 Å². The number of halogens is 6. The first kappa shape index (κ1) is 24.7. The number of nitrogen functional groups attached to an aromatic ring is 1. The fourth-order valence-electron chi connectivity index (χ4n) is 3.92. The molecule has 1 aliphatic carbocycles. The Morgan fingerprint density at radius 3 is 2.34 bits per heavy atom. The molecule has 0 unspecified atom stereocenters. The van der Waals surface area contributed by atoms with Gasteiger partial charge in [0.05, 0.1) is 10.6 Å². The summed E-state index contributed by atoms with van der Waals surface area (Å²) in [6.07, 6.45) is -5.29. The van der Waals surface area contributed by atoms with Gasteiger partial charge in [0.25, 0.3) is 0 Å². The molecule has 1 fully saturated rings. The van der Waals surface area contributed by atoms with Gasteiger partial charge in [-0.25, -0.2) is 13.9 Å². The maximum Gasteiger partial charge on any atom is 0.417 e. The summed E-state index contributed by atoms with van der Waals surface area (Å²) in [6.45, 7) is 0.